The zero-order chi connectivity index (χ0) is 17.5. The number of halogens is 1. The van der Waals surface area contributed by atoms with Crippen LogP contribution in [0.3, 0.4) is 0 Å². The monoisotopic (exact) mass is 331 g/mol. The van der Waals surface area contributed by atoms with Gasteiger partial charge in [-0.05, 0) is 43.5 Å². The Morgan fingerprint density at radius 1 is 1.25 bits per heavy atom. The summed E-state index contributed by atoms with van der Waals surface area (Å²) in [7, 11) is 1.74. The van der Waals surface area contributed by atoms with Crippen molar-refractivity contribution in [1.29, 1.82) is 0 Å². The summed E-state index contributed by atoms with van der Waals surface area (Å²) in [6.45, 7) is 8.52. The van der Waals surface area contributed by atoms with E-state index in [1.807, 2.05) is 11.6 Å². The first-order valence-electron chi connectivity index (χ1n) is 8.18. The summed E-state index contributed by atoms with van der Waals surface area (Å²) in [6.07, 6.45) is 0. The molecule has 0 bridgehead atoms. The predicted octanol–water partition coefficient (Wildman–Crippen LogP) is 2.64. The molecular formula is C18H26FN5. The smallest absolute Gasteiger partial charge is 0.191 e. The Morgan fingerprint density at radius 2 is 1.96 bits per heavy atom. The van der Waals surface area contributed by atoms with Crippen LogP contribution >= 0.6 is 0 Å². The standard InChI is InChI=1S/C18H26FN5/c1-13(12-24-15(3)9-14(2)23-24)10-21-18(20-4)22-11-16-5-7-17(19)8-6-16/h5-9,13H,10-12H2,1-4H3,(H2,20,21,22). The van der Waals surface area contributed by atoms with E-state index in [1.165, 1.54) is 17.8 Å². The first-order chi connectivity index (χ1) is 11.5. The van der Waals surface area contributed by atoms with Crippen LogP contribution < -0.4 is 10.6 Å². The van der Waals surface area contributed by atoms with Crippen molar-refractivity contribution in [3.05, 3.63) is 53.1 Å². The number of aryl methyl sites for hydroxylation is 2. The zero-order valence-electron chi connectivity index (χ0n) is 14.8. The molecule has 0 amide bonds. The molecule has 6 heteroatoms. The second kappa shape index (κ2) is 8.47. The highest BCUT2D eigenvalue weighted by Gasteiger charge is 2.08. The summed E-state index contributed by atoms with van der Waals surface area (Å²) in [5, 5.41) is 11.0. The third-order valence-electron chi connectivity index (χ3n) is 3.80. The van der Waals surface area contributed by atoms with E-state index in [-0.39, 0.29) is 5.82 Å². The van der Waals surface area contributed by atoms with Crippen molar-refractivity contribution in [1.82, 2.24) is 20.4 Å². The molecule has 2 N–H and O–H groups in total. The third-order valence-corrected chi connectivity index (χ3v) is 3.80. The topological polar surface area (TPSA) is 54.2 Å². The van der Waals surface area contributed by atoms with E-state index in [9.17, 15) is 4.39 Å². The molecule has 1 unspecified atom stereocenters. The summed E-state index contributed by atoms with van der Waals surface area (Å²) in [4.78, 5) is 4.22. The van der Waals surface area contributed by atoms with Gasteiger partial charge in [-0.25, -0.2) is 4.39 Å². The number of aliphatic imine (C=N–C) groups is 1. The SMILES string of the molecule is CN=C(NCc1ccc(F)cc1)NCC(C)Cn1nc(C)cc1C. The van der Waals surface area contributed by atoms with Crippen LogP contribution in [0.2, 0.25) is 0 Å². The molecule has 0 aliphatic rings. The fraction of sp³-hybridized carbons (Fsp3) is 0.444. The largest absolute Gasteiger partial charge is 0.356 e. The van der Waals surface area contributed by atoms with Crippen LogP contribution in [0.25, 0.3) is 0 Å². The van der Waals surface area contributed by atoms with Gasteiger partial charge in [0.05, 0.1) is 5.69 Å². The lowest BCUT2D eigenvalue weighted by molar-refractivity contribution is 0.436. The predicted molar refractivity (Wildman–Crippen MR) is 95.5 cm³/mol. The molecule has 2 rings (SSSR count). The maximum absolute atomic E-state index is 12.9. The minimum atomic E-state index is -0.223. The minimum absolute atomic E-state index is 0.223. The van der Waals surface area contributed by atoms with E-state index < -0.39 is 0 Å². The van der Waals surface area contributed by atoms with Gasteiger partial charge in [-0.1, -0.05) is 19.1 Å². The van der Waals surface area contributed by atoms with Crippen LogP contribution in [0.1, 0.15) is 23.9 Å². The van der Waals surface area contributed by atoms with Gasteiger partial charge < -0.3 is 10.6 Å². The third kappa shape index (κ3) is 5.37. The van der Waals surface area contributed by atoms with Crippen LogP contribution in [-0.2, 0) is 13.1 Å². The van der Waals surface area contributed by atoms with E-state index in [2.05, 4.69) is 40.6 Å². The molecule has 0 saturated carbocycles. The van der Waals surface area contributed by atoms with E-state index in [1.54, 1.807) is 19.2 Å². The molecule has 1 aromatic carbocycles. The molecule has 0 spiro atoms. The van der Waals surface area contributed by atoms with Crippen LogP contribution in [0.4, 0.5) is 4.39 Å². The Balaban J connectivity index is 1.78. The van der Waals surface area contributed by atoms with Gasteiger partial charge in [0.25, 0.3) is 0 Å². The fourth-order valence-electron chi connectivity index (χ4n) is 2.50. The van der Waals surface area contributed by atoms with E-state index >= 15 is 0 Å². The second-order valence-corrected chi connectivity index (χ2v) is 6.15. The number of rotatable bonds is 6. The number of nitrogens with one attached hydrogen (secondary N) is 2. The van der Waals surface area contributed by atoms with Crippen molar-refractivity contribution < 1.29 is 4.39 Å². The van der Waals surface area contributed by atoms with Gasteiger partial charge in [-0.3, -0.25) is 9.67 Å². The summed E-state index contributed by atoms with van der Waals surface area (Å²) in [6, 6.07) is 8.54. The van der Waals surface area contributed by atoms with Crippen LogP contribution in [-0.4, -0.2) is 29.3 Å². The molecule has 0 aliphatic carbocycles. The Bertz CT molecular complexity index is 675. The lowest BCUT2D eigenvalue weighted by atomic mass is 10.2. The number of hydrogen-bond donors (Lipinski definition) is 2. The van der Waals surface area contributed by atoms with Gasteiger partial charge in [-0.15, -0.1) is 0 Å². The van der Waals surface area contributed by atoms with Crippen LogP contribution in [0.15, 0.2) is 35.3 Å². The normalized spacial score (nSPS) is 13.0. The Kier molecular flexibility index (Phi) is 6.35. The van der Waals surface area contributed by atoms with Gasteiger partial charge in [0.15, 0.2) is 5.96 Å². The van der Waals surface area contributed by atoms with E-state index in [0.717, 1.165) is 30.3 Å². The molecule has 5 nitrogen and oxygen atoms in total. The molecular weight excluding hydrogens is 305 g/mol. The molecule has 24 heavy (non-hydrogen) atoms. The number of nitrogens with zero attached hydrogens (tertiary/aromatic N) is 3. The zero-order valence-corrected chi connectivity index (χ0v) is 14.8. The van der Waals surface area contributed by atoms with E-state index in [4.69, 9.17) is 0 Å². The van der Waals surface area contributed by atoms with Gasteiger partial charge >= 0.3 is 0 Å². The number of aromatic nitrogens is 2. The Labute approximate surface area is 143 Å². The maximum Gasteiger partial charge on any atom is 0.191 e. The van der Waals surface area contributed by atoms with Crippen LogP contribution in [0.5, 0.6) is 0 Å². The van der Waals surface area contributed by atoms with Crippen molar-refractivity contribution >= 4 is 5.96 Å². The van der Waals surface area contributed by atoms with E-state index in [0.29, 0.717) is 12.5 Å². The van der Waals surface area contributed by atoms with Crippen molar-refractivity contribution in [2.75, 3.05) is 13.6 Å². The molecule has 1 atom stereocenters. The van der Waals surface area contributed by atoms with Gasteiger partial charge in [0.1, 0.15) is 5.82 Å². The number of benzene rings is 1. The van der Waals surface area contributed by atoms with Crippen molar-refractivity contribution in [3.63, 3.8) is 0 Å². The Morgan fingerprint density at radius 3 is 2.54 bits per heavy atom. The minimum Gasteiger partial charge on any atom is -0.356 e. The van der Waals surface area contributed by atoms with Gasteiger partial charge in [0.2, 0.25) is 0 Å². The molecule has 0 aliphatic heterocycles. The first kappa shape index (κ1) is 18.0. The van der Waals surface area contributed by atoms with Gasteiger partial charge in [-0.2, -0.15) is 5.10 Å². The fourth-order valence-corrected chi connectivity index (χ4v) is 2.50. The number of guanidine groups is 1. The summed E-state index contributed by atoms with van der Waals surface area (Å²) >= 11 is 0. The highest BCUT2D eigenvalue weighted by Crippen LogP contribution is 2.06. The molecule has 1 heterocycles. The quantitative estimate of drug-likeness (QED) is 0.632. The van der Waals surface area contributed by atoms with Crippen LogP contribution in [0, 0.1) is 25.6 Å². The summed E-state index contributed by atoms with van der Waals surface area (Å²) in [5.74, 6) is 0.922. The van der Waals surface area contributed by atoms with Crippen molar-refractivity contribution in [2.24, 2.45) is 10.9 Å². The molecule has 0 saturated heterocycles. The second-order valence-electron chi connectivity index (χ2n) is 6.15. The lowest BCUT2D eigenvalue weighted by Crippen LogP contribution is -2.39. The van der Waals surface area contributed by atoms with Crippen molar-refractivity contribution in [3.8, 4) is 0 Å². The van der Waals surface area contributed by atoms with Crippen molar-refractivity contribution in [2.45, 2.75) is 33.9 Å². The summed E-state index contributed by atoms with van der Waals surface area (Å²) < 4.78 is 14.9. The molecule has 130 valence electrons. The molecule has 2 aromatic rings. The molecule has 0 fully saturated rings. The lowest BCUT2D eigenvalue weighted by Gasteiger charge is -2.17. The average Bonchev–Trinajstić information content (AvgIpc) is 2.86. The molecule has 1 aromatic heterocycles. The maximum atomic E-state index is 12.9. The highest BCUT2D eigenvalue weighted by atomic mass is 19.1. The summed E-state index contributed by atoms with van der Waals surface area (Å²) in [5.41, 5.74) is 3.23. The average molecular weight is 331 g/mol. The number of hydrogen-bond acceptors (Lipinski definition) is 2. The highest BCUT2D eigenvalue weighted by molar-refractivity contribution is 5.79. The Hall–Kier alpha value is -2.37. The molecule has 0 radical (unpaired) electrons. The first-order valence-corrected chi connectivity index (χ1v) is 8.18. The van der Waals surface area contributed by atoms with Gasteiger partial charge in [0, 0.05) is 32.4 Å².